The number of nitrogens with two attached hydrogens (primary N) is 1. The van der Waals surface area contributed by atoms with Crippen LogP contribution in [0, 0.1) is 18.8 Å². The van der Waals surface area contributed by atoms with Crippen LogP contribution in [0.3, 0.4) is 0 Å². The van der Waals surface area contributed by atoms with Crippen LogP contribution in [0.15, 0.2) is 22.5 Å². The van der Waals surface area contributed by atoms with Gasteiger partial charge in [-0.25, -0.2) is 0 Å². The minimum Gasteiger partial charge on any atom is -0.497 e. The minimum atomic E-state index is 0.355. The molecule has 0 atom stereocenters. The summed E-state index contributed by atoms with van der Waals surface area (Å²) in [6, 6.07) is 5.87. The summed E-state index contributed by atoms with van der Waals surface area (Å²) in [4.78, 5) is 0. The molecule has 104 valence electrons. The van der Waals surface area contributed by atoms with E-state index in [1.165, 1.54) is 0 Å². The van der Waals surface area contributed by atoms with E-state index in [0.717, 1.165) is 32.0 Å². The molecule has 20 heavy (non-hydrogen) atoms. The quantitative estimate of drug-likeness (QED) is 0.694. The van der Waals surface area contributed by atoms with Gasteiger partial charge in [0.1, 0.15) is 10.8 Å². The van der Waals surface area contributed by atoms with Crippen LogP contribution in [-0.2, 0) is 5.75 Å². The van der Waals surface area contributed by atoms with Crippen LogP contribution >= 0.6 is 23.1 Å². The van der Waals surface area contributed by atoms with E-state index in [0.29, 0.717) is 6.54 Å². The number of benzene rings is 1. The maximum Gasteiger partial charge on any atom is 0.174 e. The Labute approximate surface area is 126 Å². The molecule has 0 spiro atoms. The van der Waals surface area contributed by atoms with E-state index in [9.17, 15) is 0 Å². The number of methoxy groups -OCH3 is 1. The van der Waals surface area contributed by atoms with Crippen LogP contribution in [0.2, 0.25) is 0 Å². The van der Waals surface area contributed by atoms with Gasteiger partial charge in [-0.3, -0.25) is 0 Å². The number of ether oxygens (including phenoxy) is 1. The van der Waals surface area contributed by atoms with Gasteiger partial charge in [-0.05, 0) is 30.7 Å². The predicted molar refractivity (Wildman–Crippen MR) is 83.1 cm³/mol. The maximum absolute atomic E-state index is 5.43. The summed E-state index contributed by atoms with van der Waals surface area (Å²) < 4.78 is 6.22. The largest absolute Gasteiger partial charge is 0.497 e. The van der Waals surface area contributed by atoms with E-state index in [-0.39, 0.29) is 0 Å². The van der Waals surface area contributed by atoms with Gasteiger partial charge in [-0.1, -0.05) is 34.9 Å². The number of aromatic nitrogens is 2. The van der Waals surface area contributed by atoms with Gasteiger partial charge in [0.2, 0.25) is 0 Å². The fraction of sp³-hybridized carbons (Fsp3) is 0.286. The smallest absolute Gasteiger partial charge is 0.174 e. The summed E-state index contributed by atoms with van der Waals surface area (Å²) in [6.45, 7) is 2.31. The molecule has 0 aliphatic carbocycles. The molecule has 2 rings (SSSR count). The fourth-order valence-corrected chi connectivity index (χ4v) is 3.37. The zero-order valence-corrected chi connectivity index (χ0v) is 13.0. The Balaban J connectivity index is 2.18. The van der Waals surface area contributed by atoms with E-state index in [4.69, 9.17) is 10.5 Å². The molecule has 1 aromatic carbocycles. The number of hydrogen-bond donors (Lipinski definition) is 1. The molecule has 4 nitrogen and oxygen atoms in total. The molecule has 0 radical (unpaired) electrons. The van der Waals surface area contributed by atoms with Crippen molar-refractivity contribution in [3.8, 4) is 17.6 Å². The van der Waals surface area contributed by atoms with Gasteiger partial charge in [0.15, 0.2) is 4.34 Å². The van der Waals surface area contributed by atoms with Crippen molar-refractivity contribution in [1.82, 2.24) is 10.2 Å². The Kier molecular flexibility index (Phi) is 5.41. The van der Waals surface area contributed by atoms with Gasteiger partial charge in [-0.15, -0.1) is 10.2 Å². The number of nitrogens with zero attached hydrogens (tertiary/aromatic N) is 2. The summed E-state index contributed by atoms with van der Waals surface area (Å²) in [5, 5.41) is 9.10. The van der Waals surface area contributed by atoms with Gasteiger partial charge >= 0.3 is 0 Å². The fourth-order valence-electron chi connectivity index (χ4n) is 1.56. The van der Waals surface area contributed by atoms with E-state index in [1.807, 2.05) is 25.1 Å². The Bertz CT molecular complexity index is 643. The average molecular weight is 305 g/mol. The van der Waals surface area contributed by atoms with Crippen molar-refractivity contribution < 1.29 is 4.74 Å². The first kappa shape index (κ1) is 14.9. The number of rotatable bonds is 4. The molecule has 0 amide bonds. The molecule has 0 saturated carbocycles. The van der Waals surface area contributed by atoms with Crippen LogP contribution in [0.5, 0.6) is 5.75 Å². The second-order valence-electron chi connectivity index (χ2n) is 3.90. The molecule has 1 aromatic heterocycles. The van der Waals surface area contributed by atoms with Crippen molar-refractivity contribution in [3.05, 3.63) is 34.3 Å². The summed E-state index contributed by atoms with van der Waals surface area (Å²) in [7, 11) is 1.66. The lowest BCUT2D eigenvalue weighted by atomic mass is 10.1. The maximum atomic E-state index is 5.43. The molecule has 0 bridgehead atoms. The normalized spacial score (nSPS) is 9.95. The standard InChI is InChI=1S/C14H15N3OS2/c1-10-16-17-14(20-10)19-9-12-8-13(18-2)6-5-11(12)4-3-7-15/h5-6,8H,7,9,15H2,1-2H3. The van der Waals surface area contributed by atoms with Crippen molar-refractivity contribution in [1.29, 1.82) is 0 Å². The predicted octanol–water partition coefficient (Wildman–Crippen LogP) is 2.46. The number of hydrogen-bond acceptors (Lipinski definition) is 6. The molecule has 2 N–H and O–H groups in total. The second-order valence-corrected chi connectivity index (χ2v) is 6.31. The van der Waals surface area contributed by atoms with Gasteiger partial charge in [-0.2, -0.15) is 0 Å². The number of thioether (sulfide) groups is 1. The van der Waals surface area contributed by atoms with Gasteiger partial charge in [0, 0.05) is 11.3 Å². The van der Waals surface area contributed by atoms with Crippen LogP contribution in [-0.4, -0.2) is 23.9 Å². The van der Waals surface area contributed by atoms with Crippen molar-refractivity contribution >= 4 is 23.1 Å². The SMILES string of the molecule is COc1ccc(C#CCN)c(CSc2nnc(C)s2)c1. The second kappa shape index (κ2) is 7.29. The molecule has 0 aliphatic heterocycles. The molecule has 0 aliphatic rings. The Morgan fingerprint density at radius 1 is 1.40 bits per heavy atom. The lowest BCUT2D eigenvalue weighted by Crippen LogP contribution is -1.95. The lowest BCUT2D eigenvalue weighted by molar-refractivity contribution is 0.414. The van der Waals surface area contributed by atoms with Crippen LogP contribution in [0.25, 0.3) is 0 Å². The van der Waals surface area contributed by atoms with Crippen molar-refractivity contribution in [2.75, 3.05) is 13.7 Å². The Morgan fingerprint density at radius 2 is 2.25 bits per heavy atom. The first-order valence-corrected chi connectivity index (χ1v) is 7.82. The Morgan fingerprint density at radius 3 is 2.90 bits per heavy atom. The molecule has 0 fully saturated rings. The van der Waals surface area contributed by atoms with E-state index < -0.39 is 0 Å². The van der Waals surface area contributed by atoms with Crippen LogP contribution in [0.4, 0.5) is 0 Å². The average Bonchev–Trinajstić information content (AvgIpc) is 2.89. The third-order valence-electron chi connectivity index (χ3n) is 2.50. The van der Waals surface area contributed by atoms with Crippen LogP contribution < -0.4 is 10.5 Å². The topological polar surface area (TPSA) is 61.0 Å². The molecule has 0 saturated heterocycles. The van der Waals surface area contributed by atoms with E-state index in [1.54, 1.807) is 30.2 Å². The summed E-state index contributed by atoms with van der Waals surface area (Å²) in [5.41, 5.74) is 7.52. The zero-order valence-electron chi connectivity index (χ0n) is 11.3. The third kappa shape index (κ3) is 3.97. The molecule has 0 unspecified atom stereocenters. The molecule has 2 aromatic rings. The van der Waals surface area contributed by atoms with Gasteiger partial charge in [0.05, 0.1) is 13.7 Å². The highest BCUT2D eigenvalue weighted by Crippen LogP contribution is 2.28. The number of aryl methyl sites for hydroxylation is 1. The van der Waals surface area contributed by atoms with E-state index in [2.05, 4.69) is 22.0 Å². The summed E-state index contributed by atoms with van der Waals surface area (Å²) in [6.07, 6.45) is 0. The summed E-state index contributed by atoms with van der Waals surface area (Å²) >= 11 is 3.25. The van der Waals surface area contributed by atoms with E-state index >= 15 is 0 Å². The van der Waals surface area contributed by atoms with Gasteiger partial charge in [0.25, 0.3) is 0 Å². The molecular weight excluding hydrogens is 290 g/mol. The first-order valence-electron chi connectivity index (χ1n) is 6.01. The first-order chi connectivity index (χ1) is 9.72. The molecular formula is C14H15N3OS2. The minimum absolute atomic E-state index is 0.355. The lowest BCUT2D eigenvalue weighted by Gasteiger charge is -2.06. The monoisotopic (exact) mass is 305 g/mol. The molecule has 6 heteroatoms. The third-order valence-corrected chi connectivity index (χ3v) is 4.52. The highest BCUT2D eigenvalue weighted by atomic mass is 32.2. The van der Waals surface area contributed by atoms with Crippen LogP contribution in [0.1, 0.15) is 16.1 Å². The van der Waals surface area contributed by atoms with Crippen molar-refractivity contribution in [2.24, 2.45) is 5.73 Å². The highest BCUT2D eigenvalue weighted by Gasteiger charge is 2.06. The summed E-state index contributed by atoms with van der Waals surface area (Å²) in [5.74, 6) is 7.58. The van der Waals surface area contributed by atoms with Gasteiger partial charge < -0.3 is 10.5 Å². The molecule has 1 heterocycles. The Hall–Kier alpha value is -1.55. The van der Waals surface area contributed by atoms with Crippen molar-refractivity contribution in [3.63, 3.8) is 0 Å². The van der Waals surface area contributed by atoms with Crippen molar-refractivity contribution in [2.45, 2.75) is 17.0 Å². The highest BCUT2D eigenvalue weighted by molar-refractivity contribution is 8.00. The zero-order chi connectivity index (χ0) is 14.4.